The Labute approximate surface area is 174 Å². The number of benzene rings is 2. The number of aryl methyl sites for hydroxylation is 4. The predicted molar refractivity (Wildman–Crippen MR) is 114 cm³/mol. The van der Waals surface area contributed by atoms with Crippen molar-refractivity contribution in [3.63, 3.8) is 0 Å². The molecule has 29 heavy (non-hydrogen) atoms. The Morgan fingerprint density at radius 2 is 1.00 bits per heavy atom. The van der Waals surface area contributed by atoms with Crippen molar-refractivity contribution in [3.05, 3.63) is 58.7 Å². The van der Waals surface area contributed by atoms with Crippen molar-refractivity contribution in [2.75, 3.05) is 26.2 Å². The fourth-order valence-electron chi connectivity index (χ4n) is 3.81. The van der Waals surface area contributed by atoms with Crippen LogP contribution in [0.3, 0.4) is 0 Å². The molecular weight excluding hydrogens is 408 g/mol. The Kier molecular flexibility index (Phi) is 6.19. The highest BCUT2D eigenvalue weighted by molar-refractivity contribution is 7.89. The summed E-state index contributed by atoms with van der Waals surface area (Å²) in [6, 6.07) is 10.5. The summed E-state index contributed by atoms with van der Waals surface area (Å²) in [5, 5.41) is 0. The van der Waals surface area contributed by atoms with E-state index < -0.39 is 20.0 Å². The molecule has 2 aromatic rings. The molecule has 0 amide bonds. The second-order valence-corrected chi connectivity index (χ2v) is 11.5. The molecule has 0 aromatic heterocycles. The minimum absolute atomic E-state index is 0.139. The third-order valence-corrected chi connectivity index (χ3v) is 9.43. The molecular formula is C21H28N2O4S2. The molecule has 3 rings (SSSR count). The third kappa shape index (κ3) is 4.40. The van der Waals surface area contributed by atoms with E-state index in [1.165, 1.54) is 8.61 Å². The van der Waals surface area contributed by atoms with Gasteiger partial charge in [-0.15, -0.1) is 0 Å². The van der Waals surface area contributed by atoms with Crippen molar-refractivity contribution in [1.29, 1.82) is 0 Å². The molecule has 1 aliphatic rings. The first-order chi connectivity index (χ1) is 13.5. The van der Waals surface area contributed by atoms with Gasteiger partial charge >= 0.3 is 0 Å². The maximum atomic E-state index is 13.1. The molecule has 8 heteroatoms. The number of hydrogen-bond acceptors (Lipinski definition) is 4. The largest absolute Gasteiger partial charge is 0.243 e. The van der Waals surface area contributed by atoms with Crippen LogP contribution >= 0.6 is 0 Å². The van der Waals surface area contributed by atoms with Crippen molar-refractivity contribution in [3.8, 4) is 0 Å². The molecule has 0 bridgehead atoms. The fourth-order valence-corrected chi connectivity index (χ4v) is 7.16. The summed E-state index contributed by atoms with van der Waals surface area (Å²) in [6.45, 7) is 8.29. The average Bonchev–Trinajstić information content (AvgIpc) is 2.88. The summed E-state index contributed by atoms with van der Waals surface area (Å²) in [7, 11) is -7.34. The summed E-state index contributed by atoms with van der Waals surface area (Å²) < 4.78 is 55.4. The lowest BCUT2D eigenvalue weighted by molar-refractivity contribution is 0.404. The van der Waals surface area contributed by atoms with E-state index >= 15 is 0 Å². The van der Waals surface area contributed by atoms with Gasteiger partial charge in [-0.3, -0.25) is 0 Å². The van der Waals surface area contributed by atoms with Crippen LogP contribution in [0.15, 0.2) is 46.2 Å². The van der Waals surface area contributed by atoms with Crippen molar-refractivity contribution >= 4 is 20.0 Å². The van der Waals surface area contributed by atoms with Crippen LogP contribution in [0.5, 0.6) is 0 Å². The molecule has 1 fully saturated rings. The van der Waals surface area contributed by atoms with Crippen molar-refractivity contribution in [1.82, 2.24) is 8.61 Å². The lowest BCUT2D eigenvalue weighted by Gasteiger charge is -2.23. The van der Waals surface area contributed by atoms with Crippen molar-refractivity contribution < 1.29 is 16.8 Å². The summed E-state index contributed by atoms with van der Waals surface area (Å²) in [4.78, 5) is 0.572. The fraction of sp³-hybridized carbons (Fsp3) is 0.429. The number of sulfonamides is 2. The molecule has 158 valence electrons. The summed E-state index contributed by atoms with van der Waals surface area (Å²) in [5.74, 6) is 0. The molecule has 1 saturated heterocycles. The van der Waals surface area contributed by atoms with Crippen LogP contribution in [-0.2, 0) is 20.0 Å². The van der Waals surface area contributed by atoms with Crippen LogP contribution in [0, 0.1) is 27.7 Å². The van der Waals surface area contributed by atoms with Crippen LogP contribution < -0.4 is 0 Å². The quantitative estimate of drug-likeness (QED) is 0.738. The summed E-state index contributed by atoms with van der Waals surface area (Å²) >= 11 is 0. The minimum atomic E-state index is -3.67. The van der Waals surface area contributed by atoms with E-state index in [9.17, 15) is 16.8 Å². The Bertz CT molecular complexity index is 1040. The second-order valence-electron chi connectivity index (χ2n) is 7.70. The molecule has 0 radical (unpaired) electrons. The summed E-state index contributed by atoms with van der Waals surface area (Å²) in [6.07, 6.45) is 0.453. The van der Waals surface area contributed by atoms with Crippen molar-refractivity contribution in [2.24, 2.45) is 0 Å². The van der Waals surface area contributed by atoms with Gasteiger partial charge in [-0.05, 0) is 57.4 Å². The zero-order valence-corrected chi connectivity index (χ0v) is 19.0. The highest BCUT2D eigenvalue weighted by Gasteiger charge is 2.32. The first kappa shape index (κ1) is 22.0. The van der Waals surface area contributed by atoms with Crippen molar-refractivity contribution in [2.45, 2.75) is 43.9 Å². The van der Waals surface area contributed by atoms with Crippen LogP contribution in [0.1, 0.15) is 28.7 Å². The van der Waals surface area contributed by atoms with Gasteiger partial charge in [-0.2, -0.15) is 8.61 Å². The minimum Gasteiger partial charge on any atom is -0.207 e. The van der Waals surface area contributed by atoms with Crippen LogP contribution in [0.25, 0.3) is 0 Å². The van der Waals surface area contributed by atoms with E-state index in [1.807, 2.05) is 26.0 Å². The Hall–Kier alpha value is -1.74. The van der Waals surface area contributed by atoms with Crippen LogP contribution in [-0.4, -0.2) is 51.6 Å². The van der Waals surface area contributed by atoms with Crippen LogP contribution in [0.4, 0.5) is 0 Å². The SMILES string of the molecule is Cc1ccc(S(=O)(=O)N2CCCN(S(=O)(=O)c3ccc(C)cc3C)CC2)c(C)c1. The van der Waals surface area contributed by atoms with E-state index in [0.717, 1.165) is 11.1 Å². The normalized spacial score (nSPS) is 17.2. The van der Waals surface area contributed by atoms with Gasteiger partial charge in [0.05, 0.1) is 9.79 Å². The standard InChI is InChI=1S/C21H28N2O4S2/c1-16-6-8-20(18(3)14-16)28(24,25)22-10-5-11-23(13-12-22)29(26,27)21-9-7-17(2)15-19(21)4/h6-9,14-15H,5,10-13H2,1-4H3. The molecule has 0 N–H and O–H groups in total. The van der Waals surface area contributed by atoms with Gasteiger partial charge in [0.1, 0.15) is 0 Å². The summed E-state index contributed by atoms with van der Waals surface area (Å²) in [5.41, 5.74) is 3.41. The molecule has 2 aromatic carbocycles. The van der Waals surface area contributed by atoms with Gasteiger partial charge in [0.15, 0.2) is 0 Å². The highest BCUT2D eigenvalue weighted by atomic mass is 32.2. The molecule has 0 saturated carbocycles. The second kappa shape index (κ2) is 8.18. The molecule has 0 aliphatic carbocycles. The molecule has 1 heterocycles. The van der Waals surface area contributed by atoms with Gasteiger partial charge in [0.25, 0.3) is 0 Å². The maximum Gasteiger partial charge on any atom is 0.243 e. The first-order valence-electron chi connectivity index (χ1n) is 9.68. The van der Waals surface area contributed by atoms with E-state index in [2.05, 4.69) is 0 Å². The molecule has 6 nitrogen and oxygen atoms in total. The monoisotopic (exact) mass is 436 g/mol. The lowest BCUT2D eigenvalue weighted by Crippen LogP contribution is -2.37. The molecule has 0 atom stereocenters. The zero-order chi connectivity index (χ0) is 21.4. The Balaban J connectivity index is 1.85. The number of nitrogens with zero attached hydrogens (tertiary/aromatic N) is 2. The Morgan fingerprint density at radius 1 is 0.621 bits per heavy atom. The lowest BCUT2D eigenvalue weighted by atomic mass is 10.2. The van der Waals surface area contributed by atoms with E-state index in [0.29, 0.717) is 30.6 Å². The average molecular weight is 437 g/mol. The van der Waals surface area contributed by atoms with Gasteiger partial charge in [-0.25, -0.2) is 16.8 Å². The molecule has 1 aliphatic heterocycles. The van der Waals surface area contributed by atoms with Gasteiger partial charge in [0.2, 0.25) is 20.0 Å². The van der Waals surface area contributed by atoms with Gasteiger partial charge < -0.3 is 0 Å². The van der Waals surface area contributed by atoms with E-state index in [4.69, 9.17) is 0 Å². The number of hydrogen-bond donors (Lipinski definition) is 0. The van der Waals surface area contributed by atoms with Gasteiger partial charge in [-0.1, -0.05) is 35.4 Å². The maximum absolute atomic E-state index is 13.1. The third-order valence-electron chi connectivity index (χ3n) is 5.31. The molecule has 0 spiro atoms. The molecule has 0 unspecified atom stereocenters. The Morgan fingerprint density at radius 3 is 1.34 bits per heavy atom. The first-order valence-corrected chi connectivity index (χ1v) is 12.6. The smallest absolute Gasteiger partial charge is 0.207 e. The topological polar surface area (TPSA) is 74.8 Å². The number of rotatable bonds is 4. The predicted octanol–water partition coefficient (Wildman–Crippen LogP) is 3.01. The van der Waals surface area contributed by atoms with E-state index in [-0.39, 0.29) is 22.9 Å². The van der Waals surface area contributed by atoms with Gasteiger partial charge in [0, 0.05) is 26.2 Å². The van der Waals surface area contributed by atoms with Crippen LogP contribution in [0.2, 0.25) is 0 Å². The zero-order valence-electron chi connectivity index (χ0n) is 17.3. The van der Waals surface area contributed by atoms with E-state index in [1.54, 1.807) is 38.1 Å². The highest BCUT2D eigenvalue weighted by Crippen LogP contribution is 2.25.